The second kappa shape index (κ2) is 8.98. The van der Waals surface area contributed by atoms with Gasteiger partial charge >= 0.3 is 5.97 Å². The number of anilines is 1. The molecule has 1 aromatic heterocycles. The molecule has 1 fully saturated rings. The van der Waals surface area contributed by atoms with Crippen molar-refractivity contribution >= 4 is 17.5 Å². The fourth-order valence-corrected chi connectivity index (χ4v) is 2.43. The third-order valence-corrected chi connectivity index (χ3v) is 3.60. The van der Waals surface area contributed by atoms with Gasteiger partial charge in [0.2, 0.25) is 0 Å². The molecule has 2 N–H and O–H groups in total. The minimum atomic E-state index is -0.250. The van der Waals surface area contributed by atoms with Gasteiger partial charge in [-0.15, -0.1) is 0 Å². The van der Waals surface area contributed by atoms with E-state index in [1.165, 1.54) is 5.57 Å². The molecule has 0 aromatic carbocycles. The number of pyridine rings is 1. The van der Waals surface area contributed by atoms with Crippen LogP contribution in [0.4, 0.5) is 5.82 Å². The standard InChI is InChI=1S/C18H24N4O2/c1-4-15-8-9-19-12-16(15)21-13(3)22-17-7-6-14(11-20-17)10-18(23)24-5-2/h4,6-7,11,19H,3,5,8-10,12H2,1-2H3,(H,20,22)/b15-4-,21-16-. The van der Waals surface area contributed by atoms with Crippen LogP contribution in [0.15, 0.2) is 47.4 Å². The first-order valence-corrected chi connectivity index (χ1v) is 8.12. The molecule has 128 valence electrons. The maximum Gasteiger partial charge on any atom is 0.310 e. The molecule has 24 heavy (non-hydrogen) atoms. The van der Waals surface area contributed by atoms with Gasteiger partial charge in [-0.05, 0) is 44.0 Å². The summed E-state index contributed by atoms with van der Waals surface area (Å²) < 4.78 is 4.92. The number of nitrogens with one attached hydrogen (secondary N) is 2. The van der Waals surface area contributed by atoms with E-state index in [0.717, 1.165) is 30.8 Å². The number of rotatable bonds is 6. The zero-order valence-electron chi connectivity index (χ0n) is 14.3. The normalized spacial score (nSPS) is 17.8. The van der Waals surface area contributed by atoms with Gasteiger partial charge in [-0.25, -0.2) is 9.98 Å². The third-order valence-electron chi connectivity index (χ3n) is 3.60. The molecule has 0 amide bonds. The van der Waals surface area contributed by atoms with E-state index in [-0.39, 0.29) is 12.4 Å². The maximum atomic E-state index is 11.4. The van der Waals surface area contributed by atoms with Gasteiger partial charge in [0.1, 0.15) is 11.6 Å². The van der Waals surface area contributed by atoms with E-state index in [1.807, 2.05) is 13.0 Å². The van der Waals surface area contributed by atoms with Crippen LogP contribution in [0.3, 0.4) is 0 Å². The van der Waals surface area contributed by atoms with E-state index in [9.17, 15) is 4.79 Å². The zero-order valence-corrected chi connectivity index (χ0v) is 14.3. The maximum absolute atomic E-state index is 11.4. The molecular formula is C18H24N4O2. The lowest BCUT2D eigenvalue weighted by Crippen LogP contribution is -2.32. The summed E-state index contributed by atoms with van der Waals surface area (Å²) in [4.78, 5) is 20.3. The Morgan fingerprint density at radius 2 is 2.38 bits per heavy atom. The number of carbonyl (C=O) groups excluding carboxylic acids is 1. The number of aliphatic imine (C=N–C) groups is 1. The predicted octanol–water partition coefficient (Wildman–Crippen LogP) is 2.45. The van der Waals surface area contributed by atoms with Crippen molar-refractivity contribution in [2.24, 2.45) is 4.99 Å². The van der Waals surface area contributed by atoms with Crippen LogP contribution in [0.2, 0.25) is 0 Å². The van der Waals surface area contributed by atoms with E-state index in [0.29, 0.717) is 18.2 Å². The van der Waals surface area contributed by atoms with Gasteiger partial charge in [-0.1, -0.05) is 18.7 Å². The Labute approximate surface area is 142 Å². The number of piperidine rings is 1. The molecule has 1 saturated heterocycles. The predicted molar refractivity (Wildman–Crippen MR) is 96.0 cm³/mol. The minimum Gasteiger partial charge on any atom is -0.466 e. The molecular weight excluding hydrogens is 304 g/mol. The van der Waals surface area contributed by atoms with E-state index >= 15 is 0 Å². The topological polar surface area (TPSA) is 75.6 Å². The lowest BCUT2D eigenvalue weighted by Gasteiger charge is -2.18. The van der Waals surface area contributed by atoms with Gasteiger partial charge < -0.3 is 15.4 Å². The SMILES string of the molecule is C=C(/N=C1/CNCC/C1=C/C)Nc1ccc(CC(=O)OCC)cn1. The molecule has 0 unspecified atom stereocenters. The number of aromatic nitrogens is 1. The molecule has 0 aliphatic carbocycles. The van der Waals surface area contributed by atoms with Gasteiger partial charge in [0.25, 0.3) is 0 Å². The van der Waals surface area contributed by atoms with Crippen molar-refractivity contribution in [3.8, 4) is 0 Å². The van der Waals surface area contributed by atoms with Crippen LogP contribution in [-0.2, 0) is 16.0 Å². The molecule has 0 atom stereocenters. The van der Waals surface area contributed by atoms with Crippen molar-refractivity contribution in [3.63, 3.8) is 0 Å². The molecule has 1 aromatic rings. The summed E-state index contributed by atoms with van der Waals surface area (Å²) >= 11 is 0. The Balaban J connectivity index is 1.95. The van der Waals surface area contributed by atoms with Crippen molar-refractivity contribution in [2.75, 3.05) is 25.0 Å². The average Bonchev–Trinajstić information content (AvgIpc) is 2.57. The van der Waals surface area contributed by atoms with Crippen LogP contribution in [0.1, 0.15) is 25.8 Å². The summed E-state index contributed by atoms with van der Waals surface area (Å²) in [5.41, 5.74) is 3.05. The van der Waals surface area contributed by atoms with Gasteiger partial charge in [-0.2, -0.15) is 0 Å². The molecule has 2 rings (SSSR count). The number of carbonyl (C=O) groups is 1. The van der Waals surface area contributed by atoms with E-state index in [4.69, 9.17) is 4.74 Å². The second-order valence-electron chi connectivity index (χ2n) is 5.40. The van der Waals surface area contributed by atoms with Crippen LogP contribution < -0.4 is 10.6 Å². The Morgan fingerprint density at radius 1 is 1.54 bits per heavy atom. The third kappa shape index (κ3) is 5.31. The van der Waals surface area contributed by atoms with Crippen molar-refractivity contribution in [2.45, 2.75) is 26.7 Å². The largest absolute Gasteiger partial charge is 0.466 e. The van der Waals surface area contributed by atoms with Crippen molar-refractivity contribution in [1.82, 2.24) is 10.3 Å². The number of ether oxygens (including phenoxy) is 1. The molecule has 0 radical (unpaired) electrons. The van der Waals surface area contributed by atoms with Gasteiger partial charge in [0.15, 0.2) is 0 Å². The first-order chi connectivity index (χ1) is 11.6. The van der Waals surface area contributed by atoms with Crippen molar-refractivity contribution in [1.29, 1.82) is 0 Å². The van der Waals surface area contributed by atoms with Crippen LogP contribution in [-0.4, -0.2) is 36.4 Å². The molecule has 6 heteroatoms. The average molecular weight is 328 g/mol. The molecule has 1 aliphatic rings. The highest BCUT2D eigenvalue weighted by atomic mass is 16.5. The van der Waals surface area contributed by atoms with Gasteiger partial charge in [0.05, 0.1) is 18.7 Å². The molecule has 2 heterocycles. The molecule has 0 spiro atoms. The smallest absolute Gasteiger partial charge is 0.310 e. The number of nitrogens with zero attached hydrogens (tertiary/aromatic N) is 2. The highest BCUT2D eigenvalue weighted by Crippen LogP contribution is 2.13. The lowest BCUT2D eigenvalue weighted by atomic mass is 10.0. The van der Waals surface area contributed by atoms with Crippen LogP contribution in [0, 0.1) is 0 Å². The minimum absolute atomic E-state index is 0.223. The summed E-state index contributed by atoms with van der Waals surface area (Å²) in [6.07, 6.45) is 4.94. The Morgan fingerprint density at radius 3 is 3.04 bits per heavy atom. The first kappa shape index (κ1) is 17.9. The molecule has 0 bridgehead atoms. The van der Waals surface area contributed by atoms with Crippen LogP contribution in [0.25, 0.3) is 0 Å². The summed E-state index contributed by atoms with van der Waals surface area (Å²) in [6, 6.07) is 3.64. The number of hydrogen-bond donors (Lipinski definition) is 2. The highest BCUT2D eigenvalue weighted by molar-refractivity contribution is 6.03. The lowest BCUT2D eigenvalue weighted by molar-refractivity contribution is -0.142. The fraction of sp³-hybridized carbons (Fsp3) is 0.389. The van der Waals surface area contributed by atoms with Gasteiger partial charge in [-0.3, -0.25) is 4.79 Å². The number of esters is 1. The van der Waals surface area contributed by atoms with Gasteiger partial charge in [0, 0.05) is 12.7 Å². The Kier molecular flexibility index (Phi) is 6.69. The molecule has 1 aliphatic heterocycles. The van der Waals surface area contributed by atoms with E-state index in [2.05, 4.69) is 33.3 Å². The Hall–Kier alpha value is -2.47. The first-order valence-electron chi connectivity index (χ1n) is 8.12. The number of allylic oxidation sites excluding steroid dienone is 1. The summed E-state index contributed by atoms with van der Waals surface area (Å²) in [5, 5.41) is 6.38. The molecule has 0 saturated carbocycles. The van der Waals surface area contributed by atoms with Crippen LogP contribution in [0.5, 0.6) is 0 Å². The zero-order chi connectivity index (χ0) is 17.4. The van der Waals surface area contributed by atoms with Crippen molar-refractivity contribution in [3.05, 3.63) is 47.9 Å². The second-order valence-corrected chi connectivity index (χ2v) is 5.40. The monoisotopic (exact) mass is 328 g/mol. The van der Waals surface area contributed by atoms with E-state index < -0.39 is 0 Å². The van der Waals surface area contributed by atoms with Crippen molar-refractivity contribution < 1.29 is 9.53 Å². The summed E-state index contributed by atoms with van der Waals surface area (Å²) in [5.74, 6) is 0.931. The summed E-state index contributed by atoms with van der Waals surface area (Å²) in [7, 11) is 0. The van der Waals surface area contributed by atoms with E-state index in [1.54, 1.807) is 19.2 Å². The molecule has 6 nitrogen and oxygen atoms in total. The quantitative estimate of drug-likeness (QED) is 0.785. The number of hydrogen-bond acceptors (Lipinski definition) is 6. The van der Waals surface area contributed by atoms with Crippen LogP contribution >= 0.6 is 0 Å². The fourth-order valence-electron chi connectivity index (χ4n) is 2.43. The Bertz CT molecular complexity index is 647. The summed E-state index contributed by atoms with van der Waals surface area (Å²) in [6.45, 7) is 9.85. The highest BCUT2D eigenvalue weighted by Gasteiger charge is 2.12.